The van der Waals surface area contributed by atoms with E-state index in [0.29, 0.717) is 49.1 Å². The minimum atomic E-state index is -0.502. The van der Waals surface area contributed by atoms with Crippen LogP contribution in [0.5, 0.6) is 0 Å². The van der Waals surface area contributed by atoms with Crippen molar-refractivity contribution in [3.05, 3.63) is 52.8 Å². The van der Waals surface area contributed by atoms with E-state index in [2.05, 4.69) is 25.2 Å². The molecular weight excluding hydrogens is 461 g/mol. The molecule has 0 aromatic carbocycles. The molecule has 1 atom stereocenters. The average molecular weight is 484 g/mol. The summed E-state index contributed by atoms with van der Waals surface area (Å²) in [5, 5.41) is 10.4. The van der Waals surface area contributed by atoms with Gasteiger partial charge in [0.25, 0.3) is 0 Å². The van der Waals surface area contributed by atoms with Crippen molar-refractivity contribution >= 4 is 29.7 Å². The van der Waals surface area contributed by atoms with Gasteiger partial charge in [0.1, 0.15) is 11.7 Å². The van der Waals surface area contributed by atoms with E-state index in [9.17, 15) is 9.18 Å². The molecule has 0 saturated carbocycles. The molecule has 0 bridgehead atoms. The molecule has 10 nitrogen and oxygen atoms in total. The van der Waals surface area contributed by atoms with E-state index in [1.165, 1.54) is 11.2 Å². The first-order valence-corrected chi connectivity index (χ1v) is 11.3. The fraction of sp³-hybridized carbons (Fsp3) is 0.364. The number of piperazine rings is 1. The molecule has 2 amide bonds. The van der Waals surface area contributed by atoms with Crippen molar-refractivity contribution in [1.82, 2.24) is 34.6 Å². The Morgan fingerprint density at radius 3 is 2.68 bits per heavy atom. The minimum absolute atomic E-state index is 0.218. The van der Waals surface area contributed by atoms with Crippen LogP contribution in [0.3, 0.4) is 0 Å². The molecule has 34 heavy (non-hydrogen) atoms. The van der Waals surface area contributed by atoms with Gasteiger partial charge in [0.05, 0.1) is 23.1 Å². The quantitative estimate of drug-likeness (QED) is 0.568. The van der Waals surface area contributed by atoms with E-state index in [-0.39, 0.29) is 17.9 Å². The molecule has 2 aliphatic heterocycles. The van der Waals surface area contributed by atoms with Gasteiger partial charge in [-0.1, -0.05) is 11.6 Å². The van der Waals surface area contributed by atoms with E-state index in [1.807, 2.05) is 11.8 Å². The lowest BCUT2D eigenvalue weighted by Gasteiger charge is -2.37. The molecule has 1 unspecified atom stereocenters. The first-order valence-electron chi connectivity index (χ1n) is 10.9. The van der Waals surface area contributed by atoms with Crippen molar-refractivity contribution in [3.8, 4) is 11.5 Å². The maximum absolute atomic E-state index is 14.7. The van der Waals surface area contributed by atoms with Crippen LogP contribution >= 0.6 is 11.6 Å². The lowest BCUT2D eigenvalue weighted by molar-refractivity contribution is 0.138. The Bertz CT molecular complexity index is 1240. The van der Waals surface area contributed by atoms with Crippen molar-refractivity contribution in [2.24, 2.45) is 12.1 Å². The topological polar surface area (TPSA) is 95.6 Å². The summed E-state index contributed by atoms with van der Waals surface area (Å²) in [6.07, 6.45) is 6.80. The van der Waals surface area contributed by atoms with Gasteiger partial charge in [0.15, 0.2) is 17.5 Å². The molecule has 12 heteroatoms. The molecule has 0 radical (unpaired) electrons. The number of nitrogens with zero attached hydrogens (tertiary/aromatic N) is 9. The van der Waals surface area contributed by atoms with Crippen LogP contribution in [0.25, 0.3) is 11.5 Å². The fourth-order valence-corrected chi connectivity index (χ4v) is 4.53. The zero-order chi connectivity index (χ0) is 23.8. The molecule has 1 saturated heterocycles. The van der Waals surface area contributed by atoms with Crippen molar-refractivity contribution in [2.45, 2.75) is 19.4 Å². The normalized spacial score (nSPS) is 18.1. The Kier molecular flexibility index (Phi) is 5.86. The molecule has 3 aromatic rings. The lowest BCUT2D eigenvalue weighted by atomic mass is 10.1. The summed E-state index contributed by atoms with van der Waals surface area (Å²) in [6, 6.07) is 2.93. The third kappa shape index (κ3) is 3.96. The van der Waals surface area contributed by atoms with Gasteiger partial charge in [-0.05, 0) is 24.6 Å². The number of aromatic nitrogens is 5. The van der Waals surface area contributed by atoms with Gasteiger partial charge < -0.3 is 9.80 Å². The van der Waals surface area contributed by atoms with Gasteiger partial charge >= 0.3 is 6.03 Å². The van der Waals surface area contributed by atoms with Gasteiger partial charge in [-0.25, -0.2) is 24.2 Å². The van der Waals surface area contributed by atoms with E-state index >= 15 is 0 Å². The van der Waals surface area contributed by atoms with Crippen LogP contribution < -0.4 is 4.90 Å². The number of urea groups is 1. The highest BCUT2D eigenvalue weighted by Crippen LogP contribution is 2.32. The molecular formula is C22H23ClFN9O. The molecule has 5 heterocycles. The molecule has 3 aromatic heterocycles. The molecule has 0 aliphatic carbocycles. The Labute approximate surface area is 200 Å². The highest BCUT2D eigenvalue weighted by molar-refractivity contribution is 6.31. The second-order valence-corrected chi connectivity index (χ2v) is 8.59. The standard InChI is InChI=1S/C22H23ClFN9O/c1-14-12-28-30(2)19(14)20-26-13-16(24)21(29-20)31-8-10-32(11-9-31)22(34)33-17(5-7-27-33)18-15(23)4-3-6-25-18/h3-4,6-7,12-13,17H,5,8-11H2,1-2H3. The summed E-state index contributed by atoms with van der Waals surface area (Å²) >= 11 is 6.30. The van der Waals surface area contributed by atoms with E-state index in [1.54, 1.807) is 47.4 Å². The number of hydrogen-bond acceptors (Lipinski definition) is 7. The molecule has 0 spiro atoms. The third-order valence-corrected chi connectivity index (χ3v) is 6.36. The first kappa shape index (κ1) is 22.2. The fourth-order valence-electron chi connectivity index (χ4n) is 4.29. The lowest BCUT2D eigenvalue weighted by Crippen LogP contribution is -2.52. The smallest absolute Gasteiger partial charge is 0.341 e. The number of aryl methyl sites for hydroxylation is 2. The molecule has 5 rings (SSSR count). The molecule has 176 valence electrons. The number of anilines is 1. The molecule has 1 fully saturated rings. The predicted octanol–water partition coefficient (Wildman–Crippen LogP) is 3.05. The van der Waals surface area contributed by atoms with Crippen molar-refractivity contribution < 1.29 is 9.18 Å². The number of amides is 2. The summed E-state index contributed by atoms with van der Waals surface area (Å²) in [6.45, 7) is 3.56. The maximum Gasteiger partial charge on any atom is 0.341 e. The second-order valence-electron chi connectivity index (χ2n) is 8.19. The SMILES string of the molecule is Cc1cnn(C)c1-c1ncc(F)c(N2CCN(C(=O)N3N=CCC3c3ncccc3Cl)CC2)n1. The van der Waals surface area contributed by atoms with Crippen molar-refractivity contribution in [2.75, 3.05) is 31.1 Å². The monoisotopic (exact) mass is 483 g/mol. The largest absolute Gasteiger partial charge is 0.351 e. The number of carbonyl (C=O) groups is 1. The van der Waals surface area contributed by atoms with Crippen molar-refractivity contribution in [3.63, 3.8) is 0 Å². The van der Waals surface area contributed by atoms with Crippen LogP contribution in [0.4, 0.5) is 15.0 Å². The number of halogens is 2. The average Bonchev–Trinajstić information content (AvgIpc) is 3.46. The van der Waals surface area contributed by atoms with E-state index in [0.717, 1.165) is 11.3 Å². The third-order valence-electron chi connectivity index (χ3n) is 6.04. The Hall–Kier alpha value is -3.60. The molecule has 0 N–H and O–H groups in total. The first-order chi connectivity index (χ1) is 16.4. The van der Waals surface area contributed by atoms with Gasteiger partial charge in [-0.2, -0.15) is 10.2 Å². The van der Waals surface area contributed by atoms with Crippen LogP contribution in [0, 0.1) is 12.7 Å². The zero-order valence-electron chi connectivity index (χ0n) is 18.8. The second kappa shape index (κ2) is 8.98. The zero-order valence-corrected chi connectivity index (χ0v) is 19.5. The minimum Gasteiger partial charge on any atom is -0.351 e. The van der Waals surface area contributed by atoms with Gasteiger partial charge in [-0.15, -0.1) is 0 Å². The molecule has 2 aliphatic rings. The van der Waals surface area contributed by atoms with Crippen LogP contribution in [0.15, 0.2) is 35.8 Å². The summed E-state index contributed by atoms with van der Waals surface area (Å²) in [7, 11) is 1.80. The number of pyridine rings is 1. The summed E-state index contributed by atoms with van der Waals surface area (Å²) in [5.74, 6) is 0.126. The summed E-state index contributed by atoms with van der Waals surface area (Å²) in [4.78, 5) is 29.8. The van der Waals surface area contributed by atoms with Gasteiger partial charge in [0, 0.05) is 52.1 Å². The predicted molar refractivity (Wildman–Crippen MR) is 125 cm³/mol. The number of hydrogen-bond donors (Lipinski definition) is 0. The van der Waals surface area contributed by atoms with Gasteiger partial charge in [0.2, 0.25) is 0 Å². The van der Waals surface area contributed by atoms with E-state index < -0.39 is 5.82 Å². The highest BCUT2D eigenvalue weighted by atomic mass is 35.5. The number of rotatable bonds is 3. The van der Waals surface area contributed by atoms with Gasteiger partial charge in [-0.3, -0.25) is 9.67 Å². The number of carbonyl (C=O) groups excluding carboxylic acids is 1. The number of hydrazone groups is 1. The van der Waals surface area contributed by atoms with Crippen LogP contribution in [-0.2, 0) is 7.05 Å². The Balaban J connectivity index is 1.30. The highest BCUT2D eigenvalue weighted by Gasteiger charge is 2.35. The van der Waals surface area contributed by atoms with Crippen LogP contribution in [0.2, 0.25) is 5.02 Å². The summed E-state index contributed by atoms with van der Waals surface area (Å²) < 4.78 is 16.3. The van der Waals surface area contributed by atoms with Crippen LogP contribution in [-0.4, -0.2) is 73.1 Å². The van der Waals surface area contributed by atoms with Crippen molar-refractivity contribution in [1.29, 1.82) is 0 Å². The van der Waals surface area contributed by atoms with E-state index in [4.69, 9.17) is 11.6 Å². The Morgan fingerprint density at radius 1 is 1.18 bits per heavy atom. The maximum atomic E-state index is 14.7. The van der Waals surface area contributed by atoms with Crippen LogP contribution in [0.1, 0.15) is 23.7 Å². The summed E-state index contributed by atoms with van der Waals surface area (Å²) in [5.41, 5.74) is 2.26. The Morgan fingerprint density at radius 2 is 1.97 bits per heavy atom.